The summed E-state index contributed by atoms with van der Waals surface area (Å²) >= 11 is 1.55. The van der Waals surface area contributed by atoms with Crippen LogP contribution < -0.4 is 4.90 Å². The van der Waals surface area contributed by atoms with Crippen LogP contribution in [0.3, 0.4) is 0 Å². The van der Waals surface area contributed by atoms with Crippen LogP contribution in [-0.4, -0.2) is 29.9 Å². The minimum atomic E-state index is -0.513. The second-order valence-corrected chi connectivity index (χ2v) is 12.0. The number of imidazole rings is 2. The normalized spacial score (nSPS) is 12.4. The molecule has 9 heteroatoms. The van der Waals surface area contributed by atoms with Gasteiger partial charge >= 0.3 is 6.01 Å². The fourth-order valence-corrected chi connectivity index (χ4v) is 5.93. The molecule has 4 aromatic heterocycles. The summed E-state index contributed by atoms with van der Waals surface area (Å²) in [6, 6.07) is 26.6. The summed E-state index contributed by atoms with van der Waals surface area (Å²) in [5, 5.41) is 2.84. The van der Waals surface area contributed by atoms with Gasteiger partial charge in [-0.25, -0.2) is 19.9 Å². The van der Waals surface area contributed by atoms with Crippen molar-refractivity contribution in [1.29, 1.82) is 0 Å². The van der Waals surface area contributed by atoms with Crippen molar-refractivity contribution in [1.82, 2.24) is 29.9 Å². The van der Waals surface area contributed by atoms with Crippen LogP contribution in [0.1, 0.15) is 50.7 Å². The molecule has 0 fully saturated rings. The van der Waals surface area contributed by atoms with Crippen LogP contribution in [0.2, 0.25) is 0 Å². The molecule has 204 valence electrons. The van der Waals surface area contributed by atoms with Crippen molar-refractivity contribution in [2.45, 2.75) is 38.5 Å². The maximum absolute atomic E-state index is 6.16. The van der Waals surface area contributed by atoms with Gasteiger partial charge in [0.15, 0.2) is 5.13 Å². The molecule has 0 saturated carbocycles. The molecule has 0 radical (unpaired) electrons. The fraction of sp³-hybridized carbons (Fsp3) is 0.188. The SMILES string of the molecule is CC(C)(c1coc(N(c2ccccc2)c2nc(C(C)(C)c3nc4ccccc4[nH]3)cs2)n1)c1nc2ccccc2[nH]1. The lowest BCUT2D eigenvalue weighted by atomic mass is 9.89. The Labute approximate surface area is 241 Å². The Kier molecular flexibility index (Phi) is 5.79. The van der Waals surface area contributed by atoms with Gasteiger partial charge < -0.3 is 14.4 Å². The number of para-hydroxylation sites is 5. The number of oxazole rings is 1. The first kappa shape index (κ1) is 25.2. The van der Waals surface area contributed by atoms with Crippen molar-refractivity contribution < 1.29 is 4.42 Å². The van der Waals surface area contributed by atoms with Gasteiger partial charge in [0, 0.05) is 5.38 Å². The van der Waals surface area contributed by atoms with Gasteiger partial charge in [-0.05, 0) is 64.1 Å². The van der Waals surface area contributed by atoms with Crippen LogP contribution >= 0.6 is 11.3 Å². The number of H-pyrrole nitrogens is 2. The van der Waals surface area contributed by atoms with Crippen molar-refractivity contribution in [2.75, 3.05) is 4.90 Å². The van der Waals surface area contributed by atoms with Gasteiger partial charge in [-0.1, -0.05) is 42.5 Å². The molecule has 4 heterocycles. The van der Waals surface area contributed by atoms with Gasteiger partial charge in [0.1, 0.15) is 17.9 Å². The fourth-order valence-electron chi connectivity index (χ4n) is 4.93. The van der Waals surface area contributed by atoms with Gasteiger partial charge in [-0.3, -0.25) is 0 Å². The van der Waals surface area contributed by atoms with E-state index in [4.69, 9.17) is 24.4 Å². The average Bonchev–Trinajstić information content (AvgIpc) is 3.79. The number of aromatic amines is 2. The lowest BCUT2D eigenvalue weighted by molar-refractivity contribution is 0.545. The highest BCUT2D eigenvalue weighted by Crippen LogP contribution is 2.41. The molecule has 0 unspecified atom stereocenters. The molecule has 0 bridgehead atoms. The molecule has 0 aliphatic carbocycles. The van der Waals surface area contributed by atoms with Crippen LogP contribution in [0.25, 0.3) is 22.1 Å². The second kappa shape index (κ2) is 9.42. The number of anilines is 3. The largest absolute Gasteiger partial charge is 0.431 e. The van der Waals surface area contributed by atoms with Gasteiger partial charge in [0.2, 0.25) is 0 Å². The summed E-state index contributed by atoms with van der Waals surface area (Å²) in [6.45, 7) is 8.46. The quantitative estimate of drug-likeness (QED) is 0.205. The molecular formula is C32H29N7OS. The van der Waals surface area contributed by atoms with E-state index in [0.717, 1.165) is 55.9 Å². The van der Waals surface area contributed by atoms with Crippen molar-refractivity contribution >= 4 is 50.2 Å². The van der Waals surface area contributed by atoms with Crippen molar-refractivity contribution in [3.8, 4) is 0 Å². The molecular weight excluding hydrogens is 530 g/mol. The standard InChI is InChI=1S/C32H29N7OS/c1-31(2,27-33-21-14-8-9-15-22(21)34-27)25-18-40-29(37-25)39(20-12-6-5-7-13-20)30-38-26(19-41-30)32(3,4)28-35-23-16-10-11-17-24(23)36-28/h5-19H,1-4H3,(H,33,34)(H,35,36). The Morgan fingerprint density at radius 3 is 1.83 bits per heavy atom. The number of benzene rings is 3. The topological polar surface area (TPSA) is 99.5 Å². The summed E-state index contributed by atoms with van der Waals surface area (Å²) in [5.41, 5.74) is 5.50. The molecule has 0 saturated heterocycles. The summed E-state index contributed by atoms with van der Waals surface area (Å²) < 4.78 is 6.16. The van der Waals surface area contributed by atoms with Crippen LogP contribution in [0.5, 0.6) is 0 Å². The number of hydrogen-bond donors (Lipinski definition) is 2. The van der Waals surface area contributed by atoms with Gasteiger partial charge in [-0.2, -0.15) is 4.98 Å². The Hall–Kier alpha value is -4.76. The molecule has 3 aromatic carbocycles. The summed E-state index contributed by atoms with van der Waals surface area (Å²) in [7, 11) is 0. The van der Waals surface area contributed by atoms with Crippen LogP contribution in [-0.2, 0) is 10.8 Å². The highest BCUT2D eigenvalue weighted by Gasteiger charge is 2.34. The van der Waals surface area contributed by atoms with Crippen LogP contribution in [0, 0.1) is 0 Å². The minimum absolute atomic E-state index is 0.442. The Balaban J connectivity index is 1.27. The molecule has 7 aromatic rings. The number of thiazole rings is 1. The van der Waals surface area contributed by atoms with Gasteiger partial charge in [0.25, 0.3) is 0 Å². The number of hydrogen-bond acceptors (Lipinski definition) is 7. The third-order valence-corrected chi connectivity index (χ3v) is 8.45. The molecule has 0 aliphatic rings. The van der Waals surface area contributed by atoms with E-state index in [-0.39, 0.29) is 0 Å². The van der Waals surface area contributed by atoms with Crippen molar-refractivity contribution in [3.63, 3.8) is 0 Å². The van der Waals surface area contributed by atoms with Crippen molar-refractivity contribution in [3.05, 3.63) is 114 Å². The molecule has 0 aliphatic heterocycles. The van der Waals surface area contributed by atoms with E-state index in [9.17, 15) is 0 Å². The minimum Gasteiger partial charge on any atom is -0.431 e. The second-order valence-electron chi connectivity index (χ2n) is 11.2. The first-order valence-corrected chi connectivity index (χ1v) is 14.4. The van der Waals surface area contributed by atoms with E-state index in [1.54, 1.807) is 17.6 Å². The number of rotatable bonds is 7. The summed E-state index contributed by atoms with van der Waals surface area (Å²) in [5.74, 6) is 1.70. The van der Waals surface area contributed by atoms with Crippen LogP contribution in [0.15, 0.2) is 94.9 Å². The molecule has 41 heavy (non-hydrogen) atoms. The summed E-state index contributed by atoms with van der Waals surface area (Å²) in [6.07, 6.45) is 1.71. The Morgan fingerprint density at radius 1 is 0.659 bits per heavy atom. The third kappa shape index (κ3) is 4.29. The van der Waals surface area contributed by atoms with E-state index in [1.165, 1.54) is 0 Å². The zero-order valence-electron chi connectivity index (χ0n) is 23.2. The first-order chi connectivity index (χ1) is 19.8. The lowest BCUT2D eigenvalue weighted by Gasteiger charge is -2.21. The van der Waals surface area contributed by atoms with E-state index >= 15 is 0 Å². The average molecular weight is 560 g/mol. The van der Waals surface area contributed by atoms with E-state index < -0.39 is 10.8 Å². The smallest absolute Gasteiger partial charge is 0.308 e. The maximum Gasteiger partial charge on any atom is 0.308 e. The van der Waals surface area contributed by atoms with E-state index in [1.807, 2.05) is 83.8 Å². The monoisotopic (exact) mass is 559 g/mol. The molecule has 0 atom stereocenters. The number of nitrogens with zero attached hydrogens (tertiary/aromatic N) is 5. The van der Waals surface area contributed by atoms with Gasteiger partial charge in [0.05, 0.1) is 50.0 Å². The van der Waals surface area contributed by atoms with E-state index in [0.29, 0.717) is 6.01 Å². The number of fused-ring (bicyclic) bond motifs is 2. The zero-order valence-corrected chi connectivity index (χ0v) is 24.0. The molecule has 7 rings (SSSR count). The van der Waals surface area contributed by atoms with Crippen molar-refractivity contribution in [2.24, 2.45) is 0 Å². The van der Waals surface area contributed by atoms with Gasteiger partial charge in [-0.15, -0.1) is 11.3 Å². The molecule has 0 amide bonds. The molecule has 2 N–H and O–H groups in total. The van der Waals surface area contributed by atoms with E-state index in [2.05, 4.69) is 43.0 Å². The Morgan fingerprint density at radius 2 is 1.22 bits per heavy atom. The lowest BCUT2D eigenvalue weighted by Crippen LogP contribution is -2.22. The first-order valence-electron chi connectivity index (χ1n) is 13.5. The molecule has 0 spiro atoms. The highest BCUT2D eigenvalue weighted by atomic mass is 32.1. The summed E-state index contributed by atoms with van der Waals surface area (Å²) in [4.78, 5) is 28.7. The predicted molar refractivity (Wildman–Crippen MR) is 163 cm³/mol. The number of aromatic nitrogens is 6. The van der Waals surface area contributed by atoms with Crippen LogP contribution in [0.4, 0.5) is 16.8 Å². The Bertz CT molecular complexity index is 1790. The number of nitrogens with one attached hydrogen (secondary N) is 2. The maximum atomic E-state index is 6.16. The molecule has 8 nitrogen and oxygen atoms in total. The highest BCUT2D eigenvalue weighted by molar-refractivity contribution is 7.14. The zero-order chi connectivity index (χ0) is 28.2. The third-order valence-electron chi connectivity index (χ3n) is 7.62. The predicted octanol–water partition coefficient (Wildman–Crippen LogP) is 8.01.